The molecule has 1 aliphatic heterocycles. The molecule has 0 bridgehead atoms. The lowest BCUT2D eigenvalue weighted by atomic mass is 10.1. The number of amides is 2. The summed E-state index contributed by atoms with van der Waals surface area (Å²) in [6.45, 7) is 1.81. The van der Waals surface area contributed by atoms with Crippen LogP contribution in [-0.4, -0.2) is 22.8 Å². The van der Waals surface area contributed by atoms with Crippen molar-refractivity contribution in [1.29, 1.82) is 0 Å². The van der Waals surface area contributed by atoms with Crippen molar-refractivity contribution in [3.05, 3.63) is 48.0 Å². The molecule has 0 fully saturated rings. The zero-order valence-corrected chi connectivity index (χ0v) is 14.7. The molecule has 0 aliphatic carbocycles. The van der Waals surface area contributed by atoms with E-state index < -0.39 is 11.7 Å². The lowest BCUT2D eigenvalue weighted by Crippen LogP contribution is -2.26. The Balaban J connectivity index is 1.81. The molecule has 25 heavy (non-hydrogen) atoms. The number of halogens is 2. The number of rotatable bonds is 4. The van der Waals surface area contributed by atoms with Crippen LogP contribution >= 0.6 is 23.5 Å². The minimum absolute atomic E-state index is 0.117. The van der Waals surface area contributed by atoms with Crippen LogP contribution in [0.2, 0.25) is 0 Å². The van der Waals surface area contributed by atoms with Crippen LogP contribution in [0.25, 0.3) is 0 Å². The van der Waals surface area contributed by atoms with E-state index in [0.717, 1.165) is 4.90 Å². The SMILES string of the molecule is CC1Sc2ccc(C(=O)Nc3ccccc3SC(F)F)cc2NC1=O. The van der Waals surface area contributed by atoms with Crippen molar-refractivity contribution in [2.24, 2.45) is 0 Å². The van der Waals surface area contributed by atoms with Gasteiger partial charge in [0.25, 0.3) is 11.7 Å². The fourth-order valence-electron chi connectivity index (χ4n) is 2.31. The number of nitrogens with one attached hydrogen (secondary N) is 2. The van der Waals surface area contributed by atoms with E-state index in [4.69, 9.17) is 0 Å². The summed E-state index contributed by atoms with van der Waals surface area (Å²) >= 11 is 1.80. The smallest absolute Gasteiger partial charge is 0.288 e. The molecule has 1 aliphatic rings. The van der Waals surface area contributed by atoms with E-state index in [1.54, 1.807) is 43.3 Å². The highest BCUT2D eigenvalue weighted by Crippen LogP contribution is 2.36. The van der Waals surface area contributed by atoms with E-state index in [0.29, 0.717) is 33.6 Å². The van der Waals surface area contributed by atoms with Crippen LogP contribution in [0.1, 0.15) is 17.3 Å². The maximum Gasteiger partial charge on any atom is 0.288 e. The third kappa shape index (κ3) is 4.13. The number of alkyl halides is 2. The number of hydrogen-bond acceptors (Lipinski definition) is 4. The summed E-state index contributed by atoms with van der Waals surface area (Å²) in [5.74, 6) is -3.12. The highest BCUT2D eigenvalue weighted by Gasteiger charge is 2.24. The Hall–Kier alpha value is -2.06. The third-order valence-electron chi connectivity index (χ3n) is 3.52. The van der Waals surface area contributed by atoms with E-state index in [1.165, 1.54) is 17.8 Å². The molecule has 2 aromatic rings. The van der Waals surface area contributed by atoms with Crippen molar-refractivity contribution in [3.63, 3.8) is 0 Å². The Labute approximate surface area is 151 Å². The first kappa shape index (κ1) is 17.8. The molecule has 130 valence electrons. The van der Waals surface area contributed by atoms with Gasteiger partial charge >= 0.3 is 0 Å². The molecule has 1 unspecified atom stereocenters. The zero-order chi connectivity index (χ0) is 18.0. The molecule has 1 atom stereocenters. The molecular formula is C17H14F2N2O2S2. The summed E-state index contributed by atoms with van der Waals surface area (Å²) in [5.41, 5.74) is 1.24. The van der Waals surface area contributed by atoms with Gasteiger partial charge in [0.1, 0.15) is 0 Å². The quantitative estimate of drug-likeness (QED) is 0.756. The molecule has 0 saturated carbocycles. The number of thioether (sulfide) groups is 2. The van der Waals surface area contributed by atoms with Gasteiger partial charge in [-0.25, -0.2) is 0 Å². The normalized spacial score (nSPS) is 16.3. The minimum Gasteiger partial charge on any atom is -0.324 e. The summed E-state index contributed by atoms with van der Waals surface area (Å²) in [5, 5.41) is 5.22. The van der Waals surface area contributed by atoms with Gasteiger partial charge in [-0.15, -0.1) is 11.8 Å². The van der Waals surface area contributed by atoms with Crippen LogP contribution in [0.3, 0.4) is 0 Å². The van der Waals surface area contributed by atoms with Gasteiger partial charge in [-0.3, -0.25) is 9.59 Å². The first-order valence-corrected chi connectivity index (χ1v) is 9.17. The van der Waals surface area contributed by atoms with Gasteiger partial charge in [0, 0.05) is 15.4 Å². The number of benzene rings is 2. The van der Waals surface area contributed by atoms with Gasteiger partial charge in [-0.1, -0.05) is 23.9 Å². The molecule has 4 nitrogen and oxygen atoms in total. The predicted octanol–water partition coefficient (Wildman–Crippen LogP) is 4.69. The molecule has 0 saturated heterocycles. The highest BCUT2D eigenvalue weighted by molar-refractivity contribution is 8.01. The first-order valence-electron chi connectivity index (χ1n) is 7.41. The molecule has 1 heterocycles. The molecule has 0 aromatic heterocycles. The van der Waals surface area contributed by atoms with Gasteiger partial charge in [-0.2, -0.15) is 8.78 Å². The minimum atomic E-state index is -2.57. The second-order valence-corrected chi connectivity index (χ2v) is 7.70. The summed E-state index contributed by atoms with van der Waals surface area (Å²) in [4.78, 5) is 25.4. The molecule has 2 amide bonds. The van der Waals surface area contributed by atoms with E-state index >= 15 is 0 Å². The maximum atomic E-state index is 12.6. The van der Waals surface area contributed by atoms with E-state index in [1.807, 2.05) is 0 Å². The number of anilines is 2. The van der Waals surface area contributed by atoms with E-state index in [-0.39, 0.29) is 11.2 Å². The summed E-state index contributed by atoms with van der Waals surface area (Å²) < 4.78 is 25.3. The number of fused-ring (bicyclic) bond motifs is 1. The lowest BCUT2D eigenvalue weighted by molar-refractivity contribution is -0.115. The second-order valence-electron chi connectivity index (χ2n) is 5.29. The van der Waals surface area contributed by atoms with Gasteiger partial charge in [0.2, 0.25) is 5.91 Å². The standard InChI is InChI=1S/C17H14F2N2O2S2/c1-9-15(22)21-12-8-10(6-7-14(12)24-9)16(23)20-11-4-2-3-5-13(11)25-17(18)19/h2-9,17H,1H3,(H,20,23)(H,21,22). The lowest BCUT2D eigenvalue weighted by Gasteiger charge is -2.21. The average Bonchev–Trinajstić information content (AvgIpc) is 2.57. The molecule has 8 heteroatoms. The van der Waals surface area contributed by atoms with Crippen LogP contribution in [-0.2, 0) is 4.79 Å². The number of carbonyl (C=O) groups excluding carboxylic acids is 2. The van der Waals surface area contributed by atoms with Crippen LogP contribution in [0, 0.1) is 0 Å². The van der Waals surface area contributed by atoms with Crippen molar-refractivity contribution in [2.45, 2.75) is 27.7 Å². The monoisotopic (exact) mass is 380 g/mol. The fourth-order valence-corrected chi connectivity index (χ4v) is 3.84. The zero-order valence-electron chi connectivity index (χ0n) is 13.1. The van der Waals surface area contributed by atoms with Gasteiger partial charge < -0.3 is 10.6 Å². The first-order chi connectivity index (χ1) is 11.9. The highest BCUT2D eigenvalue weighted by atomic mass is 32.2. The van der Waals surface area contributed by atoms with Crippen molar-refractivity contribution in [2.75, 3.05) is 10.6 Å². The van der Waals surface area contributed by atoms with Crippen LogP contribution in [0.5, 0.6) is 0 Å². The molecular weight excluding hydrogens is 366 g/mol. The van der Waals surface area contributed by atoms with Crippen LogP contribution in [0.4, 0.5) is 20.2 Å². The number of hydrogen-bond donors (Lipinski definition) is 2. The van der Waals surface area contributed by atoms with Crippen molar-refractivity contribution in [1.82, 2.24) is 0 Å². The van der Waals surface area contributed by atoms with Crippen molar-refractivity contribution < 1.29 is 18.4 Å². The van der Waals surface area contributed by atoms with Gasteiger partial charge in [-0.05, 0) is 37.3 Å². The van der Waals surface area contributed by atoms with Gasteiger partial charge in [0.15, 0.2) is 0 Å². The second kappa shape index (κ2) is 7.45. The Morgan fingerprint density at radius 3 is 2.80 bits per heavy atom. The summed E-state index contributed by atoms with van der Waals surface area (Å²) in [7, 11) is 0. The predicted molar refractivity (Wildman–Crippen MR) is 96.6 cm³/mol. The number of para-hydroxylation sites is 1. The maximum absolute atomic E-state index is 12.6. The van der Waals surface area contributed by atoms with Crippen molar-refractivity contribution >= 4 is 46.7 Å². The third-order valence-corrected chi connectivity index (χ3v) is 5.49. The molecule has 2 aromatic carbocycles. The summed E-state index contributed by atoms with van der Waals surface area (Å²) in [6, 6.07) is 11.4. The Morgan fingerprint density at radius 1 is 1.28 bits per heavy atom. The fraction of sp³-hybridized carbons (Fsp3) is 0.176. The largest absolute Gasteiger partial charge is 0.324 e. The Kier molecular flexibility index (Phi) is 5.29. The molecule has 0 radical (unpaired) electrons. The van der Waals surface area contributed by atoms with Gasteiger partial charge in [0.05, 0.1) is 16.6 Å². The van der Waals surface area contributed by atoms with Crippen LogP contribution < -0.4 is 10.6 Å². The molecule has 2 N–H and O–H groups in total. The van der Waals surface area contributed by atoms with Crippen molar-refractivity contribution in [3.8, 4) is 0 Å². The Bertz CT molecular complexity index is 830. The van der Waals surface area contributed by atoms with E-state index in [9.17, 15) is 18.4 Å². The average molecular weight is 380 g/mol. The van der Waals surface area contributed by atoms with Crippen LogP contribution in [0.15, 0.2) is 52.3 Å². The molecule has 3 rings (SSSR count). The number of carbonyl (C=O) groups is 2. The van der Waals surface area contributed by atoms with E-state index in [2.05, 4.69) is 10.6 Å². The topological polar surface area (TPSA) is 58.2 Å². The summed E-state index contributed by atoms with van der Waals surface area (Å²) in [6.07, 6.45) is 0. The Morgan fingerprint density at radius 2 is 2.04 bits per heavy atom. The molecule has 0 spiro atoms.